The van der Waals surface area contributed by atoms with Gasteiger partial charge in [0.05, 0.1) is 7.11 Å². The number of methoxy groups -OCH3 is 1. The van der Waals surface area contributed by atoms with Crippen LogP contribution < -0.4 is 4.74 Å². The molecular formula is C16H22O2. The van der Waals surface area contributed by atoms with Crippen LogP contribution in [0.4, 0.5) is 0 Å². The molecule has 2 saturated carbocycles. The molecule has 1 aromatic rings. The van der Waals surface area contributed by atoms with E-state index in [2.05, 4.69) is 6.92 Å². The standard InChI is InChI=1S/C8H12O.C8H10O/c1-8-4-6(8)2-3-7(9)5-8;1-7-4-3-5-8(6-7)9-2/h6H,2-5H2,1H3;3-6H,1-2H3. The summed E-state index contributed by atoms with van der Waals surface area (Å²) in [5.74, 6) is 2.33. The fourth-order valence-electron chi connectivity index (χ4n) is 2.79. The zero-order valence-electron chi connectivity index (χ0n) is 11.5. The Kier molecular flexibility index (Phi) is 3.74. The highest BCUT2D eigenvalue weighted by Gasteiger charge is 2.52. The zero-order valence-corrected chi connectivity index (χ0v) is 11.5. The van der Waals surface area contributed by atoms with Crippen molar-refractivity contribution in [2.24, 2.45) is 11.3 Å². The van der Waals surface area contributed by atoms with Gasteiger partial charge in [0.1, 0.15) is 11.5 Å². The van der Waals surface area contributed by atoms with E-state index < -0.39 is 0 Å². The van der Waals surface area contributed by atoms with Crippen molar-refractivity contribution in [3.05, 3.63) is 29.8 Å². The van der Waals surface area contributed by atoms with E-state index in [1.807, 2.05) is 31.2 Å². The van der Waals surface area contributed by atoms with Gasteiger partial charge in [0.25, 0.3) is 0 Å². The van der Waals surface area contributed by atoms with Crippen LogP contribution in [0.1, 0.15) is 38.2 Å². The van der Waals surface area contributed by atoms with Crippen molar-refractivity contribution in [3.8, 4) is 5.75 Å². The van der Waals surface area contributed by atoms with Gasteiger partial charge in [0.15, 0.2) is 0 Å². The Labute approximate surface area is 109 Å². The minimum Gasteiger partial charge on any atom is -0.497 e. The molecular weight excluding hydrogens is 224 g/mol. The van der Waals surface area contributed by atoms with Gasteiger partial charge < -0.3 is 4.74 Å². The Morgan fingerprint density at radius 3 is 2.67 bits per heavy atom. The first-order valence-electron chi connectivity index (χ1n) is 6.66. The third-order valence-corrected chi connectivity index (χ3v) is 4.14. The lowest BCUT2D eigenvalue weighted by molar-refractivity contribution is -0.121. The smallest absolute Gasteiger partial charge is 0.133 e. The fourth-order valence-corrected chi connectivity index (χ4v) is 2.79. The van der Waals surface area contributed by atoms with Crippen LogP contribution in [0, 0.1) is 18.3 Å². The van der Waals surface area contributed by atoms with E-state index in [9.17, 15) is 4.79 Å². The second-order valence-electron chi connectivity index (χ2n) is 5.83. The number of carbonyl (C=O) groups is 1. The second-order valence-corrected chi connectivity index (χ2v) is 5.83. The van der Waals surface area contributed by atoms with Crippen LogP contribution in [0.3, 0.4) is 0 Å². The summed E-state index contributed by atoms with van der Waals surface area (Å²) in [5.41, 5.74) is 1.70. The number of Topliss-reactive ketones (excluding diaryl/α,β-unsaturated/α-hetero) is 1. The van der Waals surface area contributed by atoms with Gasteiger partial charge in [-0.3, -0.25) is 4.79 Å². The Balaban J connectivity index is 0.000000134. The molecule has 0 saturated heterocycles. The third-order valence-electron chi connectivity index (χ3n) is 4.14. The topological polar surface area (TPSA) is 26.3 Å². The van der Waals surface area contributed by atoms with Crippen LogP contribution in [-0.2, 0) is 4.79 Å². The van der Waals surface area contributed by atoms with Crippen molar-refractivity contribution < 1.29 is 9.53 Å². The molecule has 0 spiro atoms. The van der Waals surface area contributed by atoms with E-state index in [-0.39, 0.29) is 0 Å². The predicted molar refractivity (Wildman–Crippen MR) is 72.8 cm³/mol. The van der Waals surface area contributed by atoms with E-state index in [1.54, 1.807) is 7.11 Å². The highest BCUT2D eigenvalue weighted by Crippen LogP contribution is 2.59. The molecule has 0 aromatic heterocycles. The molecule has 2 heteroatoms. The number of ketones is 1. The van der Waals surface area contributed by atoms with Gasteiger partial charge in [-0.1, -0.05) is 19.1 Å². The molecule has 0 bridgehead atoms. The van der Waals surface area contributed by atoms with E-state index in [0.717, 1.165) is 24.5 Å². The number of rotatable bonds is 1. The fraction of sp³-hybridized carbons (Fsp3) is 0.562. The van der Waals surface area contributed by atoms with Crippen molar-refractivity contribution in [2.75, 3.05) is 7.11 Å². The first-order chi connectivity index (χ1) is 8.53. The molecule has 2 aliphatic rings. The summed E-state index contributed by atoms with van der Waals surface area (Å²) < 4.78 is 5.00. The molecule has 2 fully saturated rings. The summed E-state index contributed by atoms with van der Waals surface area (Å²) in [6.45, 7) is 4.29. The Morgan fingerprint density at radius 2 is 2.17 bits per heavy atom. The third kappa shape index (κ3) is 3.12. The van der Waals surface area contributed by atoms with Crippen molar-refractivity contribution in [2.45, 2.75) is 39.5 Å². The Morgan fingerprint density at radius 1 is 1.39 bits per heavy atom. The molecule has 2 nitrogen and oxygen atoms in total. The van der Waals surface area contributed by atoms with E-state index in [0.29, 0.717) is 11.2 Å². The minimum absolute atomic E-state index is 0.468. The predicted octanol–water partition coefficient (Wildman–Crippen LogP) is 3.77. The first kappa shape index (κ1) is 13.1. The van der Waals surface area contributed by atoms with Gasteiger partial charge in [-0.2, -0.15) is 0 Å². The number of carbonyl (C=O) groups excluding carboxylic acids is 1. The lowest BCUT2D eigenvalue weighted by Crippen LogP contribution is -2.13. The van der Waals surface area contributed by atoms with Gasteiger partial charge >= 0.3 is 0 Å². The largest absolute Gasteiger partial charge is 0.497 e. The maximum Gasteiger partial charge on any atom is 0.133 e. The zero-order chi connectivity index (χ0) is 13.2. The van der Waals surface area contributed by atoms with Gasteiger partial charge in [-0.05, 0) is 48.8 Å². The van der Waals surface area contributed by atoms with Crippen molar-refractivity contribution in [1.82, 2.24) is 0 Å². The Hall–Kier alpha value is -1.31. The maximum atomic E-state index is 10.9. The number of aryl methyl sites for hydroxylation is 1. The maximum absolute atomic E-state index is 10.9. The molecule has 0 radical (unpaired) electrons. The number of hydrogen-bond donors (Lipinski definition) is 0. The highest BCUT2D eigenvalue weighted by molar-refractivity contribution is 5.80. The SMILES string of the molecule is CC12CC(=O)CCC1C2.COc1cccc(C)c1. The number of ether oxygens (including phenoxy) is 1. The first-order valence-corrected chi connectivity index (χ1v) is 6.66. The summed E-state index contributed by atoms with van der Waals surface area (Å²) in [6, 6.07) is 7.96. The molecule has 0 heterocycles. The molecule has 0 amide bonds. The van der Waals surface area contributed by atoms with E-state index in [4.69, 9.17) is 4.74 Å². The average molecular weight is 246 g/mol. The monoisotopic (exact) mass is 246 g/mol. The molecule has 1 aromatic carbocycles. The van der Waals surface area contributed by atoms with Crippen molar-refractivity contribution >= 4 is 5.78 Å². The molecule has 2 aliphatic carbocycles. The average Bonchev–Trinajstić information content (AvgIpc) is 3.00. The van der Waals surface area contributed by atoms with Gasteiger partial charge in [-0.25, -0.2) is 0 Å². The quantitative estimate of drug-likeness (QED) is 0.754. The van der Waals surface area contributed by atoms with E-state index in [1.165, 1.54) is 18.4 Å². The van der Waals surface area contributed by atoms with Crippen LogP contribution in [0.5, 0.6) is 5.75 Å². The van der Waals surface area contributed by atoms with Gasteiger partial charge in [0.2, 0.25) is 0 Å². The molecule has 0 N–H and O–H groups in total. The number of benzene rings is 1. The summed E-state index contributed by atoms with van der Waals surface area (Å²) in [6.07, 6.45) is 4.23. The Bertz CT molecular complexity index is 438. The van der Waals surface area contributed by atoms with Crippen molar-refractivity contribution in [3.63, 3.8) is 0 Å². The number of hydrogen-bond acceptors (Lipinski definition) is 2. The molecule has 98 valence electrons. The van der Waals surface area contributed by atoms with E-state index >= 15 is 0 Å². The van der Waals surface area contributed by atoms with Crippen LogP contribution in [0.2, 0.25) is 0 Å². The molecule has 2 unspecified atom stereocenters. The van der Waals surface area contributed by atoms with Gasteiger partial charge in [0, 0.05) is 12.8 Å². The van der Waals surface area contributed by atoms with Gasteiger partial charge in [-0.15, -0.1) is 0 Å². The van der Waals surface area contributed by atoms with Crippen LogP contribution in [-0.4, -0.2) is 12.9 Å². The second kappa shape index (κ2) is 5.13. The minimum atomic E-state index is 0.468. The lowest BCUT2D eigenvalue weighted by Gasteiger charge is -2.14. The number of fused-ring (bicyclic) bond motifs is 1. The molecule has 0 aliphatic heterocycles. The van der Waals surface area contributed by atoms with Crippen LogP contribution in [0.25, 0.3) is 0 Å². The molecule has 18 heavy (non-hydrogen) atoms. The highest BCUT2D eigenvalue weighted by atomic mass is 16.5. The summed E-state index contributed by atoms with van der Waals surface area (Å²) in [4.78, 5) is 10.9. The van der Waals surface area contributed by atoms with Crippen LogP contribution >= 0.6 is 0 Å². The molecule has 2 atom stereocenters. The lowest BCUT2D eigenvalue weighted by atomic mass is 9.89. The molecule has 3 rings (SSSR count). The summed E-state index contributed by atoms with van der Waals surface area (Å²) in [7, 11) is 1.68. The summed E-state index contributed by atoms with van der Waals surface area (Å²) in [5, 5.41) is 0. The van der Waals surface area contributed by atoms with Crippen molar-refractivity contribution in [1.29, 1.82) is 0 Å². The normalized spacial score (nSPS) is 28.8. The summed E-state index contributed by atoms with van der Waals surface area (Å²) >= 11 is 0. The van der Waals surface area contributed by atoms with Crippen LogP contribution in [0.15, 0.2) is 24.3 Å².